The molecule has 0 aliphatic heterocycles. The lowest BCUT2D eigenvalue weighted by Gasteiger charge is -1.97. The van der Waals surface area contributed by atoms with Crippen molar-refractivity contribution in [3.63, 3.8) is 0 Å². The second-order valence-electron chi connectivity index (χ2n) is 3.08. The lowest BCUT2D eigenvalue weighted by atomic mass is 10.5. The highest BCUT2D eigenvalue weighted by Crippen LogP contribution is 2.17. The first-order valence-electron chi connectivity index (χ1n) is 4.49. The predicted molar refractivity (Wildman–Crippen MR) is 63.3 cm³/mol. The number of aromatic nitrogens is 2. The Bertz CT molecular complexity index is 506. The van der Waals surface area contributed by atoms with E-state index in [0.29, 0.717) is 11.7 Å². The molecule has 0 aromatic carbocycles. The van der Waals surface area contributed by atoms with Crippen LogP contribution >= 0.6 is 22.7 Å². The molecule has 2 heterocycles. The topological polar surface area (TPSA) is 75.1 Å². The number of nitrogens with one attached hydrogen (secondary N) is 1. The first kappa shape index (κ1) is 11.0. The highest BCUT2D eigenvalue weighted by atomic mass is 32.1. The minimum absolute atomic E-state index is 0.0721. The predicted octanol–water partition coefficient (Wildman–Crippen LogP) is 2.22. The van der Waals surface area contributed by atoms with E-state index in [1.54, 1.807) is 11.3 Å². The molecule has 0 fully saturated rings. The molecule has 16 heavy (non-hydrogen) atoms. The molecule has 0 radical (unpaired) electrons. The average Bonchev–Trinajstić information content (AvgIpc) is 2.83. The van der Waals surface area contributed by atoms with Gasteiger partial charge in [-0.05, 0) is 6.92 Å². The first-order chi connectivity index (χ1) is 7.65. The highest BCUT2D eigenvalue weighted by Gasteiger charge is 2.08. The second-order valence-corrected chi connectivity index (χ2v) is 4.88. The summed E-state index contributed by atoms with van der Waals surface area (Å²) in [6.45, 7) is 2.51. The first-order valence-corrected chi connectivity index (χ1v) is 6.25. The van der Waals surface area contributed by atoms with E-state index in [0.717, 1.165) is 10.7 Å². The second kappa shape index (κ2) is 4.58. The normalized spacial score (nSPS) is 10.3. The summed E-state index contributed by atoms with van der Waals surface area (Å²) in [7, 11) is 0. The van der Waals surface area contributed by atoms with Crippen LogP contribution in [0, 0.1) is 6.92 Å². The van der Waals surface area contributed by atoms with Crippen LogP contribution in [0.5, 0.6) is 0 Å². The van der Waals surface area contributed by atoms with Gasteiger partial charge in [-0.15, -0.1) is 22.7 Å². The number of carbonyl (C=O) groups is 1. The quantitative estimate of drug-likeness (QED) is 0.876. The maximum Gasteiger partial charge on any atom is 0.355 e. The smallest absolute Gasteiger partial charge is 0.355 e. The summed E-state index contributed by atoms with van der Waals surface area (Å²) in [5, 5.41) is 16.8. The molecule has 2 N–H and O–H groups in total. The fourth-order valence-electron chi connectivity index (χ4n) is 1.09. The van der Waals surface area contributed by atoms with Crippen molar-refractivity contribution in [1.82, 2.24) is 9.97 Å². The molecule has 0 amide bonds. The molecular weight excluding hydrogens is 246 g/mol. The molecule has 0 saturated carbocycles. The van der Waals surface area contributed by atoms with Gasteiger partial charge in [-0.3, -0.25) is 0 Å². The number of thiazole rings is 2. The van der Waals surface area contributed by atoms with Crippen molar-refractivity contribution >= 4 is 33.8 Å². The van der Waals surface area contributed by atoms with E-state index < -0.39 is 5.97 Å². The van der Waals surface area contributed by atoms with E-state index in [4.69, 9.17) is 5.11 Å². The van der Waals surface area contributed by atoms with Gasteiger partial charge in [0.15, 0.2) is 10.8 Å². The largest absolute Gasteiger partial charge is 0.476 e. The van der Waals surface area contributed by atoms with Crippen LogP contribution in [0.1, 0.15) is 21.2 Å². The average molecular weight is 255 g/mol. The van der Waals surface area contributed by atoms with Crippen LogP contribution in [-0.4, -0.2) is 21.0 Å². The Morgan fingerprint density at radius 2 is 2.25 bits per heavy atom. The van der Waals surface area contributed by atoms with Crippen molar-refractivity contribution in [1.29, 1.82) is 0 Å². The van der Waals surface area contributed by atoms with Crippen molar-refractivity contribution in [2.45, 2.75) is 13.5 Å². The zero-order chi connectivity index (χ0) is 11.5. The third-order valence-electron chi connectivity index (χ3n) is 1.78. The number of hydrogen-bond donors (Lipinski definition) is 2. The molecule has 0 atom stereocenters. The molecule has 0 unspecified atom stereocenters. The van der Waals surface area contributed by atoms with Gasteiger partial charge in [0.25, 0.3) is 0 Å². The molecule has 2 aromatic heterocycles. The van der Waals surface area contributed by atoms with Gasteiger partial charge in [-0.1, -0.05) is 0 Å². The minimum atomic E-state index is -1.01. The number of rotatable bonds is 4. The Balaban J connectivity index is 1.97. The molecule has 2 rings (SSSR count). The molecule has 0 spiro atoms. The van der Waals surface area contributed by atoms with E-state index in [-0.39, 0.29) is 5.69 Å². The maximum atomic E-state index is 10.6. The molecule has 0 aliphatic carbocycles. The van der Waals surface area contributed by atoms with Crippen molar-refractivity contribution in [3.8, 4) is 0 Å². The Morgan fingerprint density at radius 3 is 2.81 bits per heavy atom. The van der Waals surface area contributed by atoms with E-state index in [2.05, 4.69) is 15.3 Å². The number of anilines is 1. The van der Waals surface area contributed by atoms with Gasteiger partial charge in [0.2, 0.25) is 0 Å². The van der Waals surface area contributed by atoms with Gasteiger partial charge >= 0.3 is 5.97 Å². The minimum Gasteiger partial charge on any atom is -0.476 e. The van der Waals surface area contributed by atoms with Crippen molar-refractivity contribution < 1.29 is 9.90 Å². The molecule has 84 valence electrons. The molecule has 7 heteroatoms. The van der Waals surface area contributed by atoms with Crippen LogP contribution in [0.2, 0.25) is 0 Å². The van der Waals surface area contributed by atoms with Gasteiger partial charge in [0, 0.05) is 16.5 Å². The Hall–Kier alpha value is -1.47. The van der Waals surface area contributed by atoms with Crippen LogP contribution in [0.15, 0.2) is 10.8 Å². The van der Waals surface area contributed by atoms with Crippen LogP contribution in [0.3, 0.4) is 0 Å². The monoisotopic (exact) mass is 255 g/mol. The fourth-order valence-corrected chi connectivity index (χ4v) is 2.48. The van der Waals surface area contributed by atoms with Crippen LogP contribution in [0.25, 0.3) is 0 Å². The highest BCUT2D eigenvalue weighted by molar-refractivity contribution is 7.14. The lowest BCUT2D eigenvalue weighted by Crippen LogP contribution is -2.00. The molecule has 0 saturated heterocycles. The van der Waals surface area contributed by atoms with Gasteiger partial charge in [0.05, 0.1) is 6.54 Å². The standard InChI is InChI=1S/C9H9N3O2S2/c1-5-3-15-7(11-5)2-10-9-12-6(4-16-9)8(13)14/h3-4H,2H2,1H3,(H,10,12)(H,13,14). The zero-order valence-electron chi connectivity index (χ0n) is 8.43. The van der Waals surface area contributed by atoms with E-state index in [1.807, 2.05) is 12.3 Å². The number of carboxylic acids is 1. The summed E-state index contributed by atoms with van der Waals surface area (Å²) in [6.07, 6.45) is 0. The summed E-state index contributed by atoms with van der Waals surface area (Å²) >= 11 is 2.85. The van der Waals surface area contributed by atoms with Crippen LogP contribution in [-0.2, 0) is 6.54 Å². The SMILES string of the molecule is Cc1csc(CNc2nc(C(=O)O)cs2)n1. The van der Waals surface area contributed by atoms with E-state index in [9.17, 15) is 4.79 Å². The fraction of sp³-hybridized carbons (Fsp3) is 0.222. The molecular formula is C9H9N3O2S2. The van der Waals surface area contributed by atoms with Gasteiger partial charge in [-0.2, -0.15) is 0 Å². The van der Waals surface area contributed by atoms with Gasteiger partial charge in [-0.25, -0.2) is 14.8 Å². The van der Waals surface area contributed by atoms with E-state index in [1.165, 1.54) is 16.7 Å². The zero-order valence-corrected chi connectivity index (χ0v) is 10.1. The number of aryl methyl sites for hydroxylation is 1. The molecule has 0 aliphatic rings. The van der Waals surface area contributed by atoms with Crippen LogP contribution in [0.4, 0.5) is 5.13 Å². The maximum absolute atomic E-state index is 10.6. The van der Waals surface area contributed by atoms with Crippen LogP contribution < -0.4 is 5.32 Å². The summed E-state index contributed by atoms with van der Waals surface area (Å²) in [5.74, 6) is -1.01. The van der Waals surface area contributed by atoms with Gasteiger partial charge in [0.1, 0.15) is 5.01 Å². The van der Waals surface area contributed by atoms with E-state index >= 15 is 0 Å². The number of hydrogen-bond acceptors (Lipinski definition) is 6. The summed E-state index contributed by atoms with van der Waals surface area (Å²) < 4.78 is 0. The summed E-state index contributed by atoms with van der Waals surface area (Å²) in [5.41, 5.74) is 1.06. The Kier molecular flexibility index (Phi) is 3.16. The van der Waals surface area contributed by atoms with Crippen molar-refractivity contribution in [3.05, 3.63) is 27.2 Å². The Labute approximate surface area is 99.8 Å². The summed E-state index contributed by atoms with van der Waals surface area (Å²) in [6, 6.07) is 0. The number of carboxylic acid groups (broad SMARTS) is 1. The number of aromatic carboxylic acids is 1. The van der Waals surface area contributed by atoms with Crippen molar-refractivity contribution in [2.24, 2.45) is 0 Å². The summed E-state index contributed by atoms with van der Waals surface area (Å²) in [4.78, 5) is 18.8. The molecule has 5 nitrogen and oxygen atoms in total. The molecule has 2 aromatic rings. The third kappa shape index (κ3) is 2.56. The van der Waals surface area contributed by atoms with Gasteiger partial charge < -0.3 is 10.4 Å². The lowest BCUT2D eigenvalue weighted by molar-refractivity contribution is 0.0691. The molecule has 0 bridgehead atoms. The number of nitrogens with zero attached hydrogens (tertiary/aromatic N) is 2. The third-order valence-corrected chi connectivity index (χ3v) is 3.55. The Morgan fingerprint density at radius 1 is 1.44 bits per heavy atom. The van der Waals surface area contributed by atoms with Crippen molar-refractivity contribution in [2.75, 3.05) is 5.32 Å².